The fourth-order valence-electron chi connectivity index (χ4n) is 1.65. The van der Waals surface area contributed by atoms with Crippen molar-refractivity contribution in [2.45, 2.75) is 13.3 Å². The second kappa shape index (κ2) is 7.08. The van der Waals surface area contributed by atoms with Crippen molar-refractivity contribution in [1.29, 1.82) is 0 Å². The first-order chi connectivity index (χ1) is 10.1. The molecular formula is C15H14BrNO4. The van der Waals surface area contributed by atoms with Crippen LogP contribution in [0.4, 0.5) is 5.69 Å². The molecule has 1 aromatic heterocycles. The lowest BCUT2D eigenvalue weighted by atomic mass is 10.1. The van der Waals surface area contributed by atoms with Crippen molar-refractivity contribution in [3.8, 4) is 0 Å². The highest BCUT2D eigenvalue weighted by Crippen LogP contribution is 2.15. The number of halogens is 1. The van der Waals surface area contributed by atoms with Gasteiger partial charge in [0.2, 0.25) is 5.76 Å². The van der Waals surface area contributed by atoms with E-state index in [-0.39, 0.29) is 12.4 Å². The summed E-state index contributed by atoms with van der Waals surface area (Å²) in [5.74, 6) is -1.04. The van der Waals surface area contributed by atoms with Crippen molar-refractivity contribution in [2.24, 2.45) is 0 Å². The molecule has 0 saturated carbocycles. The fourth-order valence-corrected chi connectivity index (χ4v) is 1.95. The summed E-state index contributed by atoms with van der Waals surface area (Å²) in [6.07, 6.45) is 0.935. The average Bonchev–Trinajstić information content (AvgIpc) is 2.92. The molecule has 1 N–H and O–H groups in total. The van der Waals surface area contributed by atoms with E-state index in [0.717, 1.165) is 6.42 Å². The number of aryl methyl sites for hydroxylation is 1. The number of carbonyl (C=O) groups is 2. The maximum absolute atomic E-state index is 11.7. The van der Waals surface area contributed by atoms with Crippen LogP contribution in [0.1, 0.15) is 23.0 Å². The molecule has 1 amide bonds. The summed E-state index contributed by atoms with van der Waals surface area (Å²) < 4.78 is 10.3. The first-order valence-corrected chi connectivity index (χ1v) is 7.19. The lowest BCUT2D eigenvalue weighted by Crippen LogP contribution is -2.20. The van der Waals surface area contributed by atoms with E-state index in [4.69, 9.17) is 9.15 Å². The molecule has 2 aromatic rings. The van der Waals surface area contributed by atoms with Crippen molar-refractivity contribution in [3.05, 3.63) is 52.4 Å². The van der Waals surface area contributed by atoms with Gasteiger partial charge in [-0.15, -0.1) is 0 Å². The van der Waals surface area contributed by atoms with Crippen molar-refractivity contribution < 1.29 is 18.7 Å². The van der Waals surface area contributed by atoms with Crippen LogP contribution in [0, 0.1) is 0 Å². The minimum atomic E-state index is -0.683. The number of esters is 1. The van der Waals surface area contributed by atoms with E-state index in [1.807, 2.05) is 24.3 Å². The second-order valence-electron chi connectivity index (χ2n) is 4.28. The number of nitrogens with one attached hydrogen (secondary N) is 1. The van der Waals surface area contributed by atoms with Crippen LogP contribution < -0.4 is 5.32 Å². The lowest BCUT2D eigenvalue weighted by molar-refractivity contribution is -0.119. The van der Waals surface area contributed by atoms with Gasteiger partial charge in [0.25, 0.3) is 5.91 Å². The van der Waals surface area contributed by atoms with Crippen LogP contribution in [-0.2, 0) is 16.0 Å². The zero-order valence-corrected chi connectivity index (χ0v) is 13.0. The predicted molar refractivity (Wildman–Crippen MR) is 81.1 cm³/mol. The van der Waals surface area contributed by atoms with Gasteiger partial charge in [-0.2, -0.15) is 0 Å². The van der Waals surface area contributed by atoms with Gasteiger partial charge in [0, 0.05) is 5.69 Å². The van der Waals surface area contributed by atoms with Gasteiger partial charge in [-0.05, 0) is 52.2 Å². The highest BCUT2D eigenvalue weighted by atomic mass is 79.9. The van der Waals surface area contributed by atoms with E-state index in [9.17, 15) is 9.59 Å². The van der Waals surface area contributed by atoms with Gasteiger partial charge in [-0.3, -0.25) is 4.79 Å². The third kappa shape index (κ3) is 4.46. The molecule has 0 aliphatic carbocycles. The van der Waals surface area contributed by atoms with Crippen LogP contribution in [0.3, 0.4) is 0 Å². The molecule has 0 radical (unpaired) electrons. The van der Waals surface area contributed by atoms with Crippen LogP contribution in [-0.4, -0.2) is 18.5 Å². The van der Waals surface area contributed by atoms with Crippen LogP contribution in [0.2, 0.25) is 0 Å². The Bertz CT molecular complexity index is 633. The van der Waals surface area contributed by atoms with Gasteiger partial charge >= 0.3 is 5.97 Å². The van der Waals surface area contributed by atoms with E-state index >= 15 is 0 Å². The first kappa shape index (κ1) is 15.3. The second-order valence-corrected chi connectivity index (χ2v) is 5.06. The van der Waals surface area contributed by atoms with E-state index in [0.29, 0.717) is 10.4 Å². The molecule has 5 nitrogen and oxygen atoms in total. The number of benzene rings is 1. The summed E-state index contributed by atoms with van der Waals surface area (Å²) in [5.41, 5.74) is 1.84. The maximum Gasteiger partial charge on any atom is 0.374 e. The van der Waals surface area contributed by atoms with Crippen molar-refractivity contribution in [1.82, 2.24) is 0 Å². The third-order valence-corrected chi connectivity index (χ3v) is 3.18. The molecule has 0 saturated heterocycles. The standard InChI is InChI=1S/C15H14BrNO4/c1-2-10-3-5-11(6-4-10)17-14(18)9-20-15(19)12-7-8-13(16)21-12/h3-8H,2,9H2,1H3,(H,17,18). The molecule has 2 rings (SSSR count). The zero-order chi connectivity index (χ0) is 15.2. The van der Waals surface area contributed by atoms with Gasteiger partial charge in [0.1, 0.15) is 0 Å². The number of ether oxygens (including phenoxy) is 1. The monoisotopic (exact) mass is 351 g/mol. The molecular weight excluding hydrogens is 338 g/mol. The Hall–Kier alpha value is -2.08. The average molecular weight is 352 g/mol. The number of anilines is 1. The fraction of sp³-hybridized carbons (Fsp3) is 0.200. The molecule has 0 bridgehead atoms. The largest absolute Gasteiger partial charge is 0.450 e. The Morgan fingerprint density at radius 3 is 2.48 bits per heavy atom. The van der Waals surface area contributed by atoms with Crippen molar-refractivity contribution in [3.63, 3.8) is 0 Å². The van der Waals surface area contributed by atoms with Gasteiger partial charge in [-0.1, -0.05) is 19.1 Å². The summed E-state index contributed by atoms with van der Waals surface area (Å²) >= 11 is 3.08. The van der Waals surface area contributed by atoms with Gasteiger partial charge in [-0.25, -0.2) is 4.79 Å². The molecule has 0 aliphatic rings. The van der Waals surface area contributed by atoms with E-state index in [1.54, 1.807) is 6.07 Å². The summed E-state index contributed by atoms with van der Waals surface area (Å²) in [5, 5.41) is 2.65. The molecule has 110 valence electrons. The van der Waals surface area contributed by atoms with Crippen LogP contribution in [0.5, 0.6) is 0 Å². The summed E-state index contributed by atoms with van der Waals surface area (Å²) in [4.78, 5) is 23.3. The summed E-state index contributed by atoms with van der Waals surface area (Å²) in [6, 6.07) is 10.5. The highest BCUT2D eigenvalue weighted by molar-refractivity contribution is 9.10. The number of carbonyl (C=O) groups excluding carboxylic acids is 2. The molecule has 0 atom stereocenters. The normalized spacial score (nSPS) is 10.2. The Kier molecular flexibility index (Phi) is 5.16. The van der Waals surface area contributed by atoms with Crippen molar-refractivity contribution in [2.75, 3.05) is 11.9 Å². The highest BCUT2D eigenvalue weighted by Gasteiger charge is 2.14. The lowest BCUT2D eigenvalue weighted by Gasteiger charge is -2.06. The van der Waals surface area contributed by atoms with Crippen molar-refractivity contribution >= 4 is 33.5 Å². The van der Waals surface area contributed by atoms with Gasteiger partial charge < -0.3 is 14.5 Å². The van der Waals surface area contributed by atoms with E-state index in [2.05, 4.69) is 28.2 Å². The molecule has 1 heterocycles. The topological polar surface area (TPSA) is 68.5 Å². The number of rotatable bonds is 5. The molecule has 21 heavy (non-hydrogen) atoms. The Morgan fingerprint density at radius 2 is 1.90 bits per heavy atom. The summed E-state index contributed by atoms with van der Waals surface area (Å²) in [6.45, 7) is 1.69. The molecule has 0 fully saturated rings. The van der Waals surface area contributed by atoms with Gasteiger partial charge in [0.15, 0.2) is 11.3 Å². The smallest absolute Gasteiger partial charge is 0.374 e. The summed E-state index contributed by atoms with van der Waals surface area (Å²) in [7, 11) is 0. The predicted octanol–water partition coefficient (Wildman–Crippen LogP) is 3.40. The Labute approximate surface area is 130 Å². The van der Waals surface area contributed by atoms with E-state index in [1.165, 1.54) is 11.6 Å². The molecule has 1 aromatic carbocycles. The SMILES string of the molecule is CCc1ccc(NC(=O)COC(=O)c2ccc(Br)o2)cc1. The van der Waals surface area contributed by atoms with Gasteiger partial charge in [0.05, 0.1) is 0 Å². The molecule has 0 unspecified atom stereocenters. The zero-order valence-electron chi connectivity index (χ0n) is 11.4. The number of hydrogen-bond donors (Lipinski definition) is 1. The van der Waals surface area contributed by atoms with E-state index < -0.39 is 11.9 Å². The quantitative estimate of drug-likeness (QED) is 0.838. The minimum absolute atomic E-state index is 0.0435. The third-order valence-electron chi connectivity index (χ3n) is 2.75. The Morgan fingerprint density at radius 1 is 1.19 bits per heavy atom. The molecule has 6 heteroatoms. The Balaban J connectivity index is 1.82. The molecule has 0 aliphatic heterocycles. The maximum atomic E-state index is 11.7. The van der Waals surface area contributed by atoms with Crippen LogP contribution in [0.15, 0.2) is 45.5 Å². The molecule has 0 spiro atoms. The number of furan rings is 1. The van der Waals surface area contributed by atoms with Crippen LogP contribution in [0.25, 0.3) is 0 Å². The number of amides is 1. The van der Waals surface area contributed by atoms with Crippen LogP contribution >= 0.6 is 15.9 Å². The minimum Gasteiger partial charge on any atom is -0.450 e. The number of hydrogen-bond acceptors (Lipinski definition) is 4. The first-order valence-electron chi connectivity index (χ1n) is 6.39.